The van der Waals surface area contributed by atoms with Gasteiger partial charge in [-0.1, -0.05) is 23.7 Å². The maximum atomic E-state index is 6.01. The van der Waals surface area contributed by atoms with E-state index >= 15 is 0 Å². The van der Waals surface area contributed by atoms with Gasteiger partial charge in [-0.05, 0) is 51.3 Å². The molecule has 0 saturated carbocycles. The molecule has 1 aliphatic heterocycles. The van der Waals surface area contributed by atoms with Gasteiger partial charge < -0.3 is 10.1 Å². The first-order valence-electron chi connectivity index (χ1n) is 7.00. The summed E-state index contributed by atoms with van der Waals surface area (Å²) in [5, 5.41) is 4.46. The van der Waals surface area contributed by atoms with Crippen molar-refractivity contribution in [3.63, 3.8) is 0 Å². The molecule has 2 nitrogen and oxygen atoms in total. The molecule has 1 aliphatic rings. The molecule has 1 fully saturated rings. The topological polar surface area (TPSA) is 21.3 Å². The maximum absolute atomic E-state index is 6.01. The molecule has 2 rings (SSSR count). The lowest BCUT2D eigenvalue weighted by Gasteiger charge is -2.40. The molecule has 106 valence electrons. The van der Waals surface area contributed by atoms with Crippen LogP contribution in [0.4, 0.5) is 0 Å². The normalized spacial score (nSPS) is 19.4. The lowest BCUT2D eigenvalue weighted by Crippen LogP contribution is -2.48. The van der Waals surface area contributed by atoms with Gasteiger partial charge in [-0.2, -0.15) is 0 Å². The molecule has 0 bridgehead atoms. The molecule has 0 radical (unpaired) electrons. The lowest BCUT2D eigenvalue weighted by molar-refractivity contribution is 0.0476. The SMILES string of the molecule is CC(C)(C)NCC1(c2ccc(Cl)cc2)CCOCC1. The first kappa shape index (κ1) is 14.8. The molecule has 0 aromatic heterocycles. The van der Waals surface area contributed by atoms with Crippen LogP contribution in [0.1, 0.15) is 39.2 Å². The quantitative estimate of drug-likeness (QED) is 0.910. The van der Waals surface area contributed by atoms with E-state index in [9.17, 15) is 0 Å². The van der Waals surface area contributed by atoms with E-state index in [0.717, 1.165) is 37.6 Å². The molecule has 1 heterocycles. The number of hydrogen-bond acceptors (Lipinski definition) is 2. The highest BCUT2D eigenvalue weighted by Gasteiger charge is 2.35. The predicted molar refractivity (Wildman–Crippen MR) is 80.9 cm³/mol. The van der Waals surface area contributed by atoms with Crippen LogP contribution in [0.15, 0.2) is 24.3 Å². The Morgan fingerprint density at radius 2 is 1.74 bits per heavy atom. The fourth-order valence-electron chi connectivity index (χ4n) is 2.57. The standard InChI is InChI=1S/C16H24ClNO/c1-15(2,3)18-12-16(8-10-19-11-9-16)13-4-6-14(17)7-5-13/h4-7,18H,8-12H2,1-3H3. The van der Waals surface area contributed by atoms with Crippen molar-refractivity contribution in [1.29, 1.82) is 0 Å². The number of nitrogens with one attached hydrogen (secondary N) is 1. The summed E-state index contributed by atoms with van der Waals surface area (Å²) in [5.74, 6) is 0. The van der Waals surface area contributed by atoms with Crippen LogP contribution in [-0.2, 0) is 10.2 Å². The van der Waals surface area contributed by atoms with Gasteiger partial charge in [0, 0.05) is 35.7 Å². The van der Waals surface area contributed by atoms with E-state index in [1.54, 1.807) is 0 Å². The molecular weight excluding hydrogens is 258 g/mol. The van der Waals surface area contributed by atoms with Crippen molar-refractivity contribution in [3.05, 3.63) is 34.9 Å². The average molecular weight is 282 g/mol. The summed E-state index contributed by atoms with van der Waals surface area (Å²) >= 11 is 6.01. The van der Waals surface area contributed by atoms with Crippen LogP contribution in [0.3, 0.4) is 0 Å². The van der Waals surface area contributed by atoms with Crippen LogP contribution in [0.25, 0.3) is 0 Å². The van der Waals surface area contributed by atoms with E-state index in [-0.39, 0.29) is 11.0 Å². The van der Waals surface area contributed by atoms with Crippen molar-refractivity contribution >= 4 is 11.6 Å². The Morgan fingerprint density at radius 3 is 2.26 bits per heavy atom. The first-order chi connectivity index (χ1) is 8.91. The minimum Gasteiger partial charge on any atom is -0.381 e. The second kappa shape index (κ2) is 5.82. The summed E-state index contributed by atoms with van der Waals surface area (Å²) in [6, 6.07) is 8.31. The van der Waals surface area contributed by atoms with E-state index in [0.29, 0.717) is 0 Å². The minimum atomic E-state index is 0.137. The molecule has 0 aliphatic carbocycles. The highest BCUT2D eigenvalue weighted by molar-refractivity contribution is 6.30. The Bertz CT molecular complexity index is 402. The highest BCUT2D eigenvalue weighted by atomic mass is 35.5. The summed E-state index contributed by atoms with van der Waals surface area (Å²) in [6.07, 6.45) is 2.13. The fraction of sp³-hybridized carbons (Fsp3) is 0.625. The number of rotatable bonds is 3. The van der Waals surface area contributed by atoms with Gasteiger partial charge in [0.15, 0.2) is 0 Å². The first-order valence-corrected chi connectivity index (χ1v) is 7.38. The van der Waals surface area contributed by atoms with Gasteiger partial charge in [0.25, 0.3) is 0 Å². The number of halogens is 1. The van der Waals surface area contributed by atoms with Crippen molar-refractivity contribution in [3.8, 4) is 0 Å². The van der Waals surface area contributed by atoms with Gasteiger partial charge in [-0.25, -0.2) is 0 Å². The Labute approximate surface area is 121 Å². The van der Waals surface area contributed by atoms with E-state index in [1.807, 2.05) is 12.1 Å². The lowest BCUT2D eigenvalue weighted by atomic mass is 9.73. The van der Waals surface area contributed by atoms with Crippen LogP contribution in [-0.4, -0.2) is 25.3 Å². The van der Waals surface area contributed by atoms with Crippen molar-refractivity contribution in [2.45, 2.75) is 44.6 Å². The highest BCUT2D eigenvalue weighted by Crippen LogP contribution is 2.35. The molecule has 1 aromatic carbocycles. The number of benzene rings is 1. The Balaban J connectivity index is 2.21. The van der Waals surface area contributed by atoms with E-state index < -0.39 is 0 Å². The molecule has 1 aromatic rings. The predicted octanol–water partition coefficient (Wildman–Crippen LogP) is 3.78. The largest absolute Gasteiger partial charge is 0.381 e. The smallest absolute Gasteiger partial charge is 0.0475 e. The van der Waals surface area contributed by atoms with Gasteiger partial charge in [-0.3, -0.25) is 0 Å². The summed E-state index contributed by atoms with van der Waals surface area (Å²) in [7, 11) is 0. The number of hydrogen-bond donors (Lipinski definition) is 1. The average Bonchev–Trinajstić information content (AvgIpc) is 2.37. The Kier molecular flexibility index (Phi) is 4.54. The molecule has 1 saturated heterocycles. The maximum Gasteiger partial charge on any atom is 0.0475 e. The monoisotopic (exact) mass is 281 g/mol. The molecule has 0 unspecified atom stereocenters. The summed E-state index contributed by atoms with van der Waals surface area (Å²) in [6.45, 7) is 9.30. The second-order valence-electron chi connectivity index (χ2n) is 6.50. The third kappa shape index (κ3) is 3.95. The number of ether oxygens (including phenoxy) is 1. The van der Waals surface area contributed by atoms with Crippen LogP contribution >= 0.6 is 11.6 Å². The van der Waals surface area contributed by atoms with Crippen molar-refractivity contribution in [1.82, 2.24) is 5.32 Å². The zero-order valence-electron chi connectivity index (χ0n) is 12.1. The second-order valence-corrected chi connectivity index (χ2v) is 6.94. The molecule has 0 atom stereocenters. The van der Waals surface area contributed by atoms with E-state index in [4.69, 9.17) is 16.3 Å². The third-order valence-corrected chi connectivity index (χ3v) is 4.12. The molecule has 19 heavy (non-hydrogen) atoms. The van der Waals surface area contributed by atoms with Gasteiger partial charge in [0.2, 0.25) is 0 Å². The summed E-state index contributed by atoms with van der Waals surface area (Å²) < 4.78 is 5.55. The molecule has 0 spiro atoms. The third-order valence-electron chi connectivity index (χ3n) is 3.86. The van der Waals surface area contributed by atoms with Crippen LogP contribution < -0.4 is 5.32 Å². The molecule has 3 heteroatoms. The van der Waals surface area contributed by atoms with Gasteiger partial charge >= 0.3 is 0 Å². The summed E-state index contributed by atoms with van der Waals surface area (Å²) in [4.78, 5) is 0. The fourth-order valence-corrected chi connectivity index (χ4v) is 2.69. The molecular formula is C16H24ClNO. The van der Waals surface area contributed by atoms with E-state index in [1.165, 1.54) is 5.56 Å². The van der Waals surface area contributed by atoms with Crippen molar-refractivity contribution < 1.29 is 4.74 Å². The zero-order chi connectivity index (χ0) is 13.9. The molecule has 0 amide bonds. The van der Waals surface area contributed by atoms with E-state index in [2.05, 4.69) is 38.2 Å². The van der Waals surface area contributed by atoms with Crippen molar-refractivity contribution in [2.75, 3.05) is 19.8 Å². The molecule has 1 N–H and O–H groups in total. The van der Waals surface area contributed by atoms with Crippen molar-refractivity contribution in [2.24, 2.45) is 0 Å². The van der Waals surface area contributed by atoms with Gasteiger partial charge in [0.1, 0.15) is 0 Å². The van der Waals surface area contributed by atoms with Gasteiger partial charge in [-0.15, -0.1) is 0 Å². The van der Waals surface area contributed by atoms with Crippen LogP contribution in [0, 0.1) is 0 Å². The van der Waals surface area contributed by atoms with Crippen LogP contribution in [0.5, 0.6) is 0 Å². The Morgan fingerprint density at radius 1 is 1.16 bits per heavy atom. The minimum absolute atomic E-state index is 0.137. The van der Waals surface area contributed by atoms with Gasteiger partial charge in [0.05, 0.1) is 0 Å². The Hall–Kier alpha value is -0.570. The zero-order valence-corrected chi connectivity index (χ0v) is 12.9. The summed E-state index contributed by atoms with van der Waals surface area (Å²) in [5.41, 5.74) is 1.69. The van der Waals surface area contributed by atoms with Crippen LogP contribution in [0.2, 0.25) is 5.02 Å².